The van der Waals surface area contributed by atoms with Crippen molar-refractivity contribution in [1.29, 1.82) is 0 Å². The smallest absolute Gasteiger partial charge is 0.204 e. The van der Waals surface area contributed by atoms with E-state index < -0.39 is 0 Å². The first kappa shape index (κ1) is 18.1. The van der Waals surface area contributed by atoms with Crippen molar-refractivity contribution in [2.45, 2.75) is 77.4 Å². The number of aromatic nitrogens is 4. The number of hydrogen-bond acceptors (Lipinski definition) is 4. The summed E-state index contributed by atoms with van der Waals surface area (Å²) in [6.07, 6.45) is 9.20. The van der Waals surface area contributed by atoms with Gasteiger partial charge < -0.3 is 0 Å². The van der Waals surface area contributed by atoms with E-state index in [1.165, 1.54) is 45.1 Å². The average molecular weight is 342 g/mol. The second-order valence-corrected chi connectivity index (χ2v) is 7.41. The zero-order valence-corrected chi connectivity index (χ0v) is 15.6. The van der Waals surface area contributed by atoms with Gasteiger partial charge in [0.2, 0.25) is 5.82 Å². The van der Waals surface area contributed by atoms with Crippen LogP contribution in [0.1, 0.15) is 58.8 Å². The molecule has 1 heterocycles. The summed E-state index contributed by atoms with van der Waals surface area (Å²) in [5.41, 5.74) is 1.03. The van der Waals surface area contributed by atoms with Gasteiger partial charge in [-0.05, 0) is 51.3 Å². The van der Waals surface area contributed by atoms with Crippen molar-refractivity contribution in [1.82, 2.24) is 25.1 Å². The van der Waals surface area contributed by atoms with Crippen LogP contribution in [0.5, 0.6) is 0 Å². The molecule has 0 aliphatic heterocycles. The molecule has 1 aliphatic rings. The molecule has 3 rings (SSSR count). The number of aryl methyl sites for hydroxylation is 1. The maximum absolute atomic E-state index is 4.49. The molecule has 25 heavy (non-hydrogen) atoms. The third kappa shape index (κ3) is 5.11. The van der Waals surface area contributed by atoms with Crippen LogP contribution in [-0.4, -0.2) is 43.7 Å². The minimum absolute atomic E-state index is 0.661. The Morgan fingerprint density at radius 3 is 2.56 bits per heavy atom. The maximum atomic E-state index is 4.49. The van der Waals surface area contributed by atoms with Crippen LogP contribution >= 0.6 is 0 Å². The first-order valence-corrected chi connectivity index (χ1v) is 9.83. The van der Waals surface area contributed by atoms with Crippen LogP contribution in [0.3, 0.4) is 0 Å². The number of nitrogens with zero attached hydrogens (tertiary/aromatic N) is 5. The number of tetrazole rings is 1. The molecule has 0 radical (unpaired) electrons. The summed E-state index contributed by atoms with van der Waals surface area (Å²) in [5.74, 6) is 0.716. The summed E-state index contributed by atoms with van der Waals surface area (Å²) in [4.78, 5) is 4.45. The third-order valence-electron chi connectivity index (χ3n) is 5.22. The second kappa shape index (κ2) is 9.09. The zero-order valence-electron chi connectivity index (χ0n) is 15.6. The molecule has 136 valence electrons. The Hall–Kier alpha value is -1.75. The van der Waals surface area contributed by atoms with Gasteiger partial charge in [0.1, 0.15) is 0 Å². The fourth-order valence-electron chi connectivity index (χ4n) is 3.86. The van der Waals surface area contributed by atoms with Gasteiger partial charge >= 0.3 is 0 Å². The number of hydrogen-bond donors (Lipinski definition) is 0. The summed E-state index contributed by atoms with van der Waals surface area (Å²) >= 11 is 0. The number of unbranched alkanes of at least 4 members (excludes halogenated alkanes) is 2. The minimum atomic E-state index is 0.661. The molecule has 1 aliphatic carbocycles. The quantitative estimate of drug-likeness (QED) is 0.642. The third-order valence-corrected chi connectivity index (χ3v) is 5.22. The maximum Gasteiger partial charge on any atom is 0.204 e. The molecule has 1 aromatic heterocycles. The largest absolute Gasteiger partial charge is 0.298 e. The van der Waals surface area contributed by atoms with Gasteiger partial charge in [0, 0.05) is 17.6 Å². The van der Waals surface area contributed by atoms with Gasteiger partial charge in [0.15, 0.2) is 0 Å². The van der Waals surface area contributed by atoms with Crippen LogP contribution in [0, 0.1) is 0 Å². The van der Waals surface area contributed by atoms with E-state index in [2.05, 4.69) is 34.2 Å². The highest BCUT2D eigenvalue weighted by Crippen LogP contribution is 2.25. The van der Waals surface area contributed by atoms with Crippen molar-refractivity contribution in [3.8, 4) is 11.4 Å². The van der Waals surface area contributed by atoms with E-state index in [1.54, 1.807) is 4.80 Å². The molecule has 2 aromatic rings. The standard InChI is InChI=1S/C20H31N5/c1-17(2)24(19-13-7-8-14-19)15-9-4-10-16-25-22-20(21-23-25)18-11-5-3-6-12-18/h3,5-6,11-12,17,19H,4,7-10,13-16H2,1-2H3. The van der Waals surface area contributed by atoms with Crippen LogP contribution in [0.15, 0.2) is 30.3 Å². The lowest BCUT2D eigenvalue weighted by molar-refractivity contribution is 0.151. The molecule has 0 atom stereocenters. The Bertz CT molecular complexity index is 616. The molecular weight excluding hydrogens is 310 g/mol. The van der Waals surface area contributed by atoms with Gasteiger partial charge in [-0.1, -0.05) is 49.6 Å². The molecule has 5 heteroatoms. The van der Waals surface area contributed by atoms with Crippen molar-refractivity contribution < 1.29 is 0 Å². The van der Waals surface area contributed by atoms with E-state index in [-0.39, 0.29) is 0 Å². The van der Waals surface area contributed by atoms with Crippen molar-refractivity contribution >= 4 is 0 Å². The number of rotatable bonds is 9. The van der Waals surface area contributed by atoms with Gasteiger partial charge in [0.05, 0.1) is 6.54 Å². The average Bonchev–Trinajstić information content (AvgIpc) is 3.30. The summed E-state index contributed by atoms with van der Waals surface area (Å²) in [5, 5.41) is 12.8. The predicted octanol–water partition coefficient (Wildman–Crippen LogP) is 4.16. The molecule has 0 unspecified atom stereocenters. The Balaban J connectivity index is 1.39. The Morgan fingerprint density at radius 2 is 1.84 bits per heavy atom. The van der Waals surface area contributed by atoms with Crippen molar-refractivity contribution in [2.24, 2.45) is 0 Å². The van der Waals surface area contributed by atoms with Crippen LogP contribution in [-0.2, 0) is 6.54 Å². The highest BCUT2D eigenvalue weighted by atomic mass is 15.6. The lowest BCUT2D eigenvalue weighted by atomic mass is 10.1. The first-order valence-electron chi connectivity index (χ1n) is 9.83. The molecular formula is C20H31N5. The first-order chi connectivity index (χ1) is 12.2. The Labute approximate surface area is 151 Å². The van der Waals surface area contributed by atoms with Gasteiger partial charge in [-0.2, -0.15) is 4.80 Å². The van der Waals surface area contributed by atoms with Crippen molar-refractivity contribution in [3.05, 3.63) is 30.3 Å². The lowest BCUT2D eigenvalue weighted by Crippen LogP contribution is -2.39. The monoisotopic (exact) mass is 341 g/mol. The Morgan fingerprint density at radius 1 is 1.08 bits per heavy atom. The molecule has 0 spiro atoms. The topological polar surface area (TPSA) is 46.8 Å². The molecule has 0 N–H and O–H groups in total. The normalized spacial score (nSPS) is 15.5. The summed E-state index contributed by atoms with van der Waals surface area (Å²) in [7, 11) is 0. The van der Waals surface area contributed by atoms with E-state index >= 15 is 0 Å². The summed E-state index contributed by atoms with van der Waals surface area (Å²) in [6.45, 7) is 6.75. The van der Waals surface area contributed by atoms with E-state index in [0.717, 1.165) is 24.6 Å². The van der Waals surface area contributed by atoms with Crippen molar-refractivity contribution in [3.63, 3.8) is 0 Å². The molecule has 5 nitrogen and oxygen atoms in total. The highest BCUT2D eigenvalue weighted by Gasteiger charge is 2.23. The fraction of sp³-hybridized carbons (Fsp3) is 0.650. The van der Waals surface area contributed by atoms with E-state index in [9.17, 15) is 0 Å². The van der Waals surface area contributed by atoms with Gasteiger partial charge in [-0.15, -0.1) is 10.2 Å². The number of benzene rings is 1. The molecule has 1 fully saturated rings. The van der Waals surface area contributed by atoms with Crippen LogP contribution in [0.4, 0.5) is 0 Å². The van der Waals surface area contributed by atoms with E-state index in [1.807, 2.05) is 30.3 Å². The minimum Gasteiger partial charge on any atom is -0.298 e. The SMILES string of the molecule is CC(C)N(CCCCCn1nnc(-c2ccccc2)n1)C1CCCC1. The van der Waals surface area contributed by atoms with E-state index in [0.29, 0.717) is 11.9 Å². The highest BCUT2D eigenvalue weighted by molar-refractivity contribution is 5.52. The molecule has 1 saturated carbocycles. The zero-order chi connectivity index (χ0) is 17.5. The van der Waals surface area contributed by atoms with E-state index in [4.69, 9.17) is 0 Å². The Kier molecular flexibility index (Phi) is 6.56. The molecule has 0 amide bonds. The van der Waals surface area contributed by atoms with Crippen LogP contribution in [0.25, 0.3) is 11.4 Å². The molecule has 0 bridgehead atoms. The lowest BCUT2D eigenvalue weighted by Gasteiger charge is -2.32. The summed E-state index contributed by atoms with van der Waals surface area (Å²) < 4.78 is 0. The summed E-state index contributed by atoms with van der Waals surface area (Å²) in [6, 6.07) is 11.5. The van der Waals surface area contributed by atoms with Crippen LogP contribution in [0.2, 0.25) is 0 Å². The van der Waals surface area contributed by atoms with Gasteiger partial charge in [-0.3, -0.25) is 4.90 Å². The predicted molar refractivity (Wildman–Crippen MR) is 101 cm³/mol. The van der Waals surface area contributed by atoms with Gasteiger partial charge in [0.25, 0.3) is 0 Å². The van der Waals surface area contributed by atoms with Gasteiger partial charge in [-0.25, -0.2) is 0 Å². The molecule has 1 aromatic carbocycles. The van der Waals surface area contributed by atoms with Crippen molar-refractivity contribution in [2.75, 3.05) is 6.54 Å². The fourth-order valence-corrected chi connectivity index (χ4v) is 3.86. The van der Waals surface area contributed by atoms with Crippen LogP contribution < -0.4 is 0 Å². The second-order valence-electron chi connectivity index (χ2n) is 7.41. The molecule has 0 saturated heterocycles.